The highest BCUT2D eigenvalue weighted by Crippen LogP contribution is 2.29. The highest BCUT2D eigenvalue weighted by atomic mass is 35.5. The van der Waals surface area contributed by atoms with E-state index in [0.29, 0.717) is 44.1 Å². The summed E-state index contributed by atoms with van der Waals surface area (Å²) in [7, 11) is 0. The van der Waals surface area contributed by atoms with Gasteiger partial charge in [0, 0.05) is 38.9 Å². The van der Waals surface area contributed by atoms with Crippen molar-refractivity contribution in [2.75, 3.05) is 37.6 Å². The van der Waals surface area contributed by atoms with Crippen molar-refractivity contribution < 1.29 is 9.59 Å². The predicted molar refractivity (Wildman–Crippen MR) is 108 cm³/mol. The standard InChI is InChI=1S/C17H27N5O2.2ClH/c1-3-17(4-2,12-18)16(24)22-10-8-21(9-11-22)15-13(14(19)23)6-5-7-20-15;;/h5-7H,3-4,8-12,18H2,1-2H3,(H2,19,23);2*1H. The van der Waals surface area contributed by atoms with Gasteiger partial charge in [0.1, 0.15) is 5.82 Å². The van der Waals surface area contributed by atoms with Crippen LogP contribution in [-0.4, -0.2) is 54.4 Å². The summed E-state index contributed by atoms with van der Waals surface area (Å²) < 4.78 is 0. The Balaban J connectivity index is 0.00000312. The van der Waals surface area contributed by atoms with E-state index >= 15 is 0 Å². The molecule has 0 spiro atoms. The SMILES string of the molecule is CCC(CC)(CN)C(=O)N1CCN(c2ncccc2C(N)=O)CC1.Cl.Cl. The molecule has 0 aliphatic carbocycles. The van der Waals surface area contributed by atoms with Crippen LogP contribution in [0.1, 0.15) is 37.0 Å². The number of carbonyl (C=O) groups is 2. The fourth-order valence-corrected chi connectivity index (χ4v) is 3.23. The van der Waals surface area contributed by atoms with Crippen LogP contribution >= 0.6 is 24.8 Å². The van der Waals surface area contributed by atoms with Gasteiger partial charge in [-0.1, -0.05) is 13.8 Å². The molecule has 2 heterocycles. The number of anilines is 1. The van der Waals surface area contributed by atoms with Gasteiger partial charge in [-0.05, 0) is 25.0 Å². The van der Waals surface area contributed by atoms with Crippen molar-refractivity contribution in [3.8, 4) is 0 Å². The topological polar surface area (TPSA) is 106 Å². The normalized spacial score (nSPS) is 14.3. The number of hydrogen-bond acceptors (Lipinski definition) is 5. The Labute approximate surface area is 167 Å². The molecule has 148 valence electrons. The van der Waals surface area contributed by atoms with Crippen molar-refractivity contribution in [1.29, 1.82) is 0 Å². The lowest BCUT2D eigenvalue weighted by Crippen LogP contribution is -2.55. The number of rotatable bonds is 6. The van der Waals surface area contributed by atoms with Crippen molar-refractivity contribution in [1.82, 2.24) is 9.88 Å². The molecule has 1 fully saturated rings. The highest BCUT2D eigenvalue weighted by molar-refractivity contribution is 5.97. The number of primary amides is 1. The number of hydrogen-bond donors (Lipinski definition) is 2. The summed E-state index contributed by atoms with van der Waals surface area (Å²) in [6, 6.07) is 3.37. The molecule has 4 N–H and O–H groups in total. The first kappa shape index (κ1) is 24.4. The molecule has 0 radical (unpaired) electrons. The lowest BCUT2D eigenvalue weighted by molar-refractivity contribution is -0.142. The quantitative estimate of drug-likeness (QED) is 0.744. The number of nitrogens with zero attached hydrogens (tertiary/aromatic N) is 3. The fourth-order valence-electron chi connectivity index (χ4n) is 3.23. The van der Waals surface area contributed by atoms with Crippen LogP contribution in [0.4, 0.5) is 5.82 Å². The number of aromatic nitrogens is 1. The average Bonchev–Trinajstić information content (AvgIpc) is 2.63. The van der Waals surface area contributed by atoms with E-state index in [-0.39, 0.29) is 30.7 Å². The Morgan fingerprint density at radius 3 is 2.19 bits per heavy atom. The monoisotopic (exact) mass is 405 g/mol. The lowest BCUT2D eigenvalue weighted by atomic mass is 9.81. The molecule has 26 heavy (non-hydrogen) atoms. The summed E-state index contributed by atoms with van der Waals surface area (Å²) in [5, 5.41) is 0. The molecule has 1 aliphatic heterocycles. The molecule has 2 amide bonds. The molecule has 1 aliphatic rings. The zero-order chi connectivity index (χ0) is 17.7. The molecule has 0 saturated carbocycles. The third kappa shape index (κ3) is 4.78. The van der Waals surface area contributed by atoms with Gasteiger partial charge in [0.15, 0.2) is 0 Å². The summed E-state index contributed by atoms with van der Waals surface area (Å²) in [6.45, 7) is 6.82. The van der Waals surface area contributed by atoms with E-state index in [2.05, 4.69) is 4.98 Å². The van der Waals surface area contributed by atoms with Gasteiger partial charge in [-0.3, -0.25) is 9.59 Å². The molecule has 0 unspecified atom stereocenters. The van der Waals surface area contributed by atoms with Gasteiger partial charge in [-0.15, -0.1) is 24.8 Å². The number of amides is 2. The Hall–Kier alpha value is -1.57. The molecule has 0 atom stereocenters. The third-order valence-corrected chi connectivity index (χ3v) is 5.12. The van der Waals surface area contributed by atoms with Gasteiger partial charge >= 0.3 is 0 Å². The summed E-state index contributed by atoms with van der Waals surface area (Å²) in [5.74, 6) is 0.231. The second-order valence-corrected chi connectivity index (χ2v) is 6.21. The third-order valence-electron chi connectivity index (χ3n) is 5.12. The van der Waals surface area contributed by atoms with Crippen molar-refractivity contribution in [3.63, 3.8) is 0 Å². The fraction of sp³-hybridized carbons (Fsp3) is 0.588. The summed E-state index contributed by atoms with van der Waals surface area (Å²) in [6.07, 6.45) is 3.13. The number of pyridine rings is 1. The molecule has 1 saturated heterocycles. The number of piperazine rings is 1. The van der Waals surface area contributed by atoms with E-state index in [4.69, 9.17) is 11.5 Å². The Bertz CT molecular complexity index is 594. The minimum atomic E-state index is -0.490. The van der Waals surface area contributed by atoms with Crippen molar-refractivity contribution in [3.05, 3.63) is 23.9 Å². The summed E-state index contributed by atoms with van der Waals surface area (Å²) in [5.41, 5.74) is 11.3. The average molecular weight is 406 g/mol. The van der Waals surface area contributed by atoms with Gasteiger partial charge in [-0.25, -0.2) is 4.98 Å². The molecular weight excluding hydrogens is 377 g/mol. The molecule has 0 bridgehead atoms. The van der Waals surface area contributed by atoms with Crippen molar-refractivity contribution in [2.45, 2.75) is 26.7 Å². The Kier molecular flexibility index (Phi) is 9.91. The van der Waals surface area contributed by atoms with Gasteiger partial charge < -0.3 is 21.3 Å². The molecule has 7 nitrogen and oxygen atoms in total. The van der Waals surface area contributed by atoms with Crippen LogP contribution in [-0.2, 0) is 4.79 Å². The number of carbonyl (C=O) groups excluding carboxylic acids is 2. The van der Waals surface area contributed by atoms with Crippen LogP contribution in [0.25, 0.3) is 0 Å². The first-order chi connectivity index (χ1) is 11.5. The molecule has 1 aromatic rings. The zero-order valence-corrected chi connectivity index (χ0v) is 16.9. The van der Waals surface area contributed by atoms with Crippen molar-refractivity contribution >= 4 is 42.4 Å². The lowest BCUT2D eigenvalue weighted by Gasteiger charge is -2.40. The van der Waals surface area contributed by atoms with Crippen LogP contribution in [0.3, 0.4) is 0 Å². The maximum absolute atomic E-state index is 12.9. The second kappa shape index (κ2) is 10.5. The molecule has 2 rings (SSSR count). The van der Waals surface area contributed by atoms with Crippen LogP contribution in [0.5, 0.6) is 0 Å². The molecular formula is C17H29Cl2N5O2. The first-order valence-corrected chi connectivity index (χ1v) is 8.48. The maximum atomic E-state index is 12.9. The van der Waals surface area contributed by atoms with Crippen LogP contribution in [0.2, 0.25) is 0 Å². The molecule has 9 heteroatoms. The highest BCUT2D eigenvalue weighted by Gasteiger charge is 2.38. The molecule has 1 aromatic heterocycles. The minimum Gasteiger partial charge on any atom is -0.365 e. The van der Waals surface area contributed by atoms with Gasteiger partial charge in [-0.2, -0.15) is 0 Å². The number of nitrogens with two attached hydrogens (primary N) is 2. The van der Waals surface area contributed by atoms with Crippen LogP contribution in [0.15, 0.2) is 18.3 Å². The van der Waals surface area contributed by atoms with E-state index in [1.165, 1.54) is 0 Å². The second-order valence-electron chi connectivity index (χ2n) is 6.21. The Morgan fingerprint density at radius 2 is 1.73 bits per heavy atom. The van der Waals surface area contributed by atoms with Gasteiger partial charge in [0.05, 0.1) is 11.0 Å². The van der Waals surface area contributed by atoms with Crippen LogP contribution in [0, 0.1) is 5.41 Å². The van der Waals surface area contributed by atoms with E-state index < -0.39 is 11.3 Å². The smallest absolute Gasteiger partial charge is 0.252 e. The largest absolute Gasteiger partial charge is 0.365 e. The maximum Gasteiger partial charge on any atom is 0.252 e. The summed E-state index contributed by atoms with van der Waals surface area (Å²) in [4.78, 5) is 32.6. The van der Waals surface area contributed by atoms with Crippen molar-refractivity contribution in [2.24, 2.45) is 16.9 Å². The predicted octanol–water partition coefficient (Wildman–Crippen LogP) is 1.44. The first-order valence-electron chi connectivity index (χ1n) is 8.48. The van der Waals surface area contributed by atoms with E-state index in [0.717, 1.165) is 12.8 Å². The van der Waals surface area contributed by atoms with Crippen LogP contribution < -0.4 is 16.4 Å². The van der Waals surface area contributed by atoms with E-state index in [9.17, 15) is 9.59 Å². The van der Waals surface area contributed by atoms with E-state index in [1.54, 1.807) is 18.3 Å². The Morgan fingerprint density at radius 1 is 1.15 bits per heavy atom. The minimum absolute atomic E-state index is 0. The van der Waals surface area contributed by atoms with Gasteiger partial charge in [0.25, 0.3) is 5.91 Å². The summed E-state index contributed by atoms with van der Waals surface area (Å²) >= 11 is 0. The number of halogens is 2. The van der Waals surface area contributed by atoms with E-state index in [1.807, 2.05) is 23.6 Å². The van der Waals surface area contributed by atoms with Gasteiger partial charge in [0.2, 0.25) is 5.91 Å². The molecule has 0 aromatic carbocycles. The zero-order valence-electron chi connectivity index (χ0n) is 15.3.